The second-order valence-electron chi connectivity index (χ2n) is 4.98. The number of hydrogen-bond donors (Lipinski definition) is 0. The van der Waals surface area contributed by atoms with Crippen LogP contribution in [0.15, 0.2) is 71.8 Å². The van der Waals surface area contributed by atoms with E-state index in [1.165, 1.54) is 18.9 Å². The van der Waals surface area contributed by atoms with Gasteiger partial charge in [-0.1, -0.05) is 71.9 Å². The molecule has 2 aromatic carbocycles. The van der Waals surface area contributed by atoms with Crippen molar-refractivity contribution in [1.82, 2.24) is 0 Å². The molecule has 0 heterocycles. The molecular formula is C19H17ClO2S. The second kappa shape index (κ2) is 7.56. The van der Waals surface area contributed by atoms with Gasteiger partial charge in [0, 0.05) is 4.90 Å². The number of thioether (sulfide) groups is 1. The largest absolute Gasteiger partial charge is 0.467 e. The van der Waals surface area contributed by atoms with E-state index >= 15 is 0 Å². The predicted molar refractivity (Wildman–Crippen MR) is 95.9 cm³/mol. The van der Waals surface area contributed by atoms with Crippen molar-refractivity contribution >= 4 is 29.3 Å². The molecule has 0 aliphatic carbocycles. The molecule has 0 aliphatic rings. The maximum absolute atomic E-state index is 12.7. The van der Waals surface area contributed by atoms with Crippen LogP contribution in [0.3, 0.4) is 0 Å². The van der Waals surface area contributed by atoms with Crippen LogP contribution in [0.25, 0.3) is 0 Å². The summed E-state index contributed by atoms with van der Waals surface area (Å²) < 4.78 is 3.98. The Morgan fingerprint density at radius 3 is 2.65 bits per heavy atom. The highest BCUT2D eigenvalue weighted by molar-refractivity contribution is 8.01. The van der Waals surface area contributed by atoms with Gasteiger partial charge in [-0.3, -0.25) is 0 Å². The van der Waals surface area contributed by atoms with Crippen LogP contribution in [0, 0.1) is 6.92 Å². The first kappa shape index (κ1) is 17.4. The van der Waals surface area contributed by atoms with Crippen LogP contribution in [-0.2, 0) is 14.3 Å². The number of ether oxygens (including phenoxy) is 1. The summed E-state index contributed by atoms with van der Waals surface area (Å²) in [6, 6.07) is 15.1. The quantitative estimate of drug-likeness (QED) is 0.426. The molecule has 0 radical (unpaired) electrons. The second-order valence-corrected chi connectivity index (χ2v) is 6.67. The molecule has 0 amide bonds. The third-order valence-corrected chi connectivity index (χ3v) is 5.21. The van der Waals surface area contributed by atoms with Crippen molar-refractivity contribution in [3.63, 3.8) is 0 Å². The van der Waals surface area contributed by atoms with Gasteiger partial charge in [0.2, 0.25) is 0 Å². The Balaban J connectivity index is 2.65. The van der Waals surface area contributed by atoms with E-state index in [0.717, 1.165) is 16.0 Å². The van der Waals surface area contributed by atoms with Gasteiger partial charge in [-0.05, 0) is 30.7 Å². The van der Waals surface area contributed by atoms with E-state index in [2.05, 4.69) is 12.3 Å². The molecular weight excluding hydrogens is 328 g/mol. The van der Waals surface area contributed by atoms with Gasteiger partial charge < -0.3 is 4.74 Å². The Bertz CT molecular complexity index is 765. The number of carbonyl (C=O) groups is 1. The number of aryl methyl sites for hydroxylation is 1. The fourth-order valence-corrected chi connectivity index (χ4v) is 3.73. The molecule has 2 aromatic rings. The van der Waals surface area contributed by atoms with Gasteiger partial charge in [0.25, 0.3) is 0 Å². The smallest absolute Gasteiger partial charge is 0.331 e. The molecule has 0 bridgehead atoms. The minimum Gasteiger partial charge on any atom is -0.467 e. The Morgan fingerprint density at radius 1 is 1.30 bits per heavy atom. The Kier molecular flexibility index (Phi) is 5.73. The number of halogens is 1. The molecule has 23 heavy (non-hydrogen) atoms. The zero-order chi connectivity index (χ0) is 16.9. The highest BCUT2D eigenvalue weighted by Crippen LogP contribution is 2.46. The van der Waals surface area contributed by atoms with Gasteiger partial charge >= 0.3 is 5.97 Å². The van der Waals surface area contributed by atoms with Crippen molar-refractivity contribution in [2.45, 2.75) is 16.6 Å². The van der Waals surface area contributed by atoms with Crippen LogP contribution in [0.1, 0.15) is 11.1 Å². The molecule has 0 saturated heterocycles. The van der Waals surface area contributed by atoms with Crippen LogP contribution in [-0.4, -0.2) is 13.1 Å². The van der Waals surface area contributed by atoms with Crippen molar-refractivity contribution in [3.8, 4) is 0 Å². The normalized spacial score (nSPS) is 12.8. The number of esters is 1. The third-order valence-electron chi connectivity index (χ3n) is 3.35. The fourth-order valence-electron chi connectivity index (χ4n) is 2.26. The first-order chi connectivity index (χ1) is 11.0. The van der Waals surface area contributed by atoms with Gasteiger partial charge in [-0.2, -0.15) is 0 Å². The number of methoxy groups -OCH3 is 1. The van der Waals surface area contributed by atoms with Gasteiger partial charge in [0.15, 0.2) is 4.75 Å². The highest BCUT2D eigenvalue weighted by Gasteiger charge is 2.41. The lowest BCUT2D eigenvalue weighted by molar-refractivity contribution is -0.142. The molecule has 0 fully saturated rings. The molecule has 2 nitrogen and oxygen atoms in total. The lowest BCUT2D eigenvalue weighted by Gasteiger charge is -2.27. The van der Waals surface area contributed by atoms with E-state index in [1.807, 2.05) is 49.4 Å². The van der Waals surface area contributed by atoms with Crippen molar-refractivity contribution in [2.24, 2.45) is 0 Å². The Morgan fingerprint density at radius 2 is 2.04 bits per heavy atom. The molecule has 4 heteroatoms. The standard InChI is InChI=1S/C19H17ClO2S/c1-4-12-19(18(21)22-3,15-9-7-8-14(2)13-15)23-17-11-6-5-10-16(17)20/h5-13H,1H2,2-3H3. The summed E-state index contributed by atoms with van der Waals surface area (Å²) in [5.74, 6) is -0.399. The van der Waals surface area contributed by atoms with Gasteiger partial charge in [0.05, 0.1) is 12.1 Å². The summed E-state index contributed by atoms with van der Waals surface area (Å²) >= 11 is 7.59. The van der Waals surface area contributed by atoms with Crippen LogP contribution in [0.2, 0.25) is 5.02 Å². The van der Waals surface area contributed by atoms with Crippen molar-refractivity contribution in [1.29, 1.82) is 0 Å². The van der Waals surface area contributed by atoms with Crippen LogP contribution < -0.4 is 0 Å². The third kappa shape index (κ3) is 3.70. The summed E-state index contributed by atoms with van der Waals surface area (Å²) in [6.45, 7) is 5.62. The molecule has 0 saturated carbocycles. The zero-order valence-electron chi connectivity index (χ0n) is 13.0. The highest BCUT2D eigenvalue weighted by atomic mass is 35.5. The topological polar surface area (TPSA) is 26.3 Å². The first-order valence-corrected chi connectivity index (χ1v) is 8.19. The number of benzene rings is 2. The summed E-state index contributed by atoms with van der Waals surface area (Å²) in [5, 5.41) is 0.580. The number of carbonyl (C=O) groups excluding carboxylic acids is 1. The van der Waals surface area contributed by atoms with Gasteiger partial charge in [0.1, 0.15) is 0 Å². The van der Waals surface area contributed by atoms with E-state index in [0.29, 0.717) is 5.02 Å². The molecule has 1 unspecified atom stereocenters. The average molecular weight is 345 g/mol. The van der Waals surface area contributed by atoms with Crippen LogP contribution >= 0.6 is 23.4 Å². The Labute approximate surface area is 145 Å². The minimum absolute atomic E-state index is 0.399. The lowest BCUT2D eigenvalue weighted by Crippen LogP contribution is -2.31. The summed E-state index contributed by atoms with van der Waals surface area (Å²) in [5.41, 5.74) is 4.59. The maximum atomic E-state index is 12.7. The molecule has 2 rings (SSSR count). The fraction of sp³-hybridized carbons (Fsp3) is 0.158. The van der Waals surface area contributed by atoms with Gasteiger partial charge in [-0.25, -0.2) is 4.79 Å². The van der Waals surface area contributed by atoms with Gasteiger partial charge in [-0.15, -0.1) is 5.73 Å². The van der Waals surface area contributed by atoms with E-state index in [9.17, 15) is 4.79 Å². The van der Waals surface area contributed by atoms with E-state index in [-0.39, 0.29) is 0 Å². The predicted octanol–water partition coefficient (Wildman–Crippen LogP) is 5.15. The van der Waals surface area contributed by atoms with E-state index in [1.54, 1.807) is 12.1 Å². The summed E-state index contributed by atoms with van der Waals surface area (Å²) in [4.78, 5) is 13.5. The summed E-state index contributed by atoms with van der Waals surface area (Å²) in [6.07, 6.45) is 1.63. The molecule has 0 aliphatic heterocycles. The maximum Gasteiger partial charge on any atom is 0.331 e. The van der Waals surface area contributed by atoms with Crippen molar-refractivity contribution < 1.29 is 9.53 Å². The molecule has 1 atom stereocenters. The number of rotatable bonds is 5. The molecule has 0 N–H and O–H groups in total. The molecule has 0 aromatic heterocycles. The molecule has 118 valence electrons. The van der Waals surface area contributed by atoms with Crippen molar-refractivity contribution in [2.75, 3.05) is 7.11 Å². The first-order valence-electron chi connectivity index (χ1n) is 6.99. The SMILES string of the molecule is C=C=CC(Sc1ccccc1Cl)(C(=O)OC)c1cccc(C)c1. The molecule has 0 spiro atoms. The van der Waals surface area contributed by atoms with Crippen LogP contribution in [0.5, 0.6) is 0 Å². The lowest BCUT2D eigenvalue weighted by atomic mass is 9.96. The monoisotopic (exact) mass is 344 g/mol. The Hall–Kier alpha value is -1.93. The summed E-state index contributed by atoms with van der Waals surface area (Å²) in [7, 11) is 1.37. The zero-order valence-corrected chi connectivity index (χ0v) is 14.6. The average Bonchev–Trinajstić information content (AvgIpc) is 2.55. The van der Waals surface area contributed by atoms with Crippen molar-refractivity contribution in [3.05, 3.63) is 83.1 Å². The minimum atomic E-state index is -1.09. The van der Waals surface area contributed by atoms with Crippen LogP contribution in [0.4, 0.5) is 0 Å². The van der Waals surface area contributed by atoms with E-state index < -0.39 is 10.7 Å². The van der Waals surface area contributed by atoms with E-state index in [4.69, 9.17) is 16.3 Å². The number of hydrogen-bond acceptors (Lipinski definition) is 3.